The standard InChI is InChI=1S/C13H14N2O3/c1-17-11-7-10(15-4-3-5-15)6-9(8-14)12(11)13(16)18-2/h6-7H,3-5H2,1-2H3. The molecule has 1 aliphatic heterocycles. The molecule has 0 saturated carbocycles. The van der Waals surface area contributed by atoms with Crippen molar-refractivity contribution in [1.29, 1.82) is 5.26 Å². The molecule has 0 bridgehead atoms. The van der Waals surface area contributed by atoms with Gasteiger partial charge >= 0.3 is 5.97 Å². The van der Waals surface area contributed by atoms with Gasteiger partial charge in [-0.05, 0) is 12.5 Å². The highest BCUT2D eigenvalue weighted by molar-refractivity contribution is 5.96. The molecule has 1 aromatic carbocycles. The number of nitriles is 1. The molecule has 0 radical (unpaired) electrons. The van der Waals surface area contributed by atoms with Crippen LogP contribution >= 0.6 is 0 Å². The molecule has 0 unspecified atom stereocenters. The van der Waals surface area contributed by atoms with E-state index < -0.39 is 5.97 Å². The first-order chi connectivity index (χ1) is 8.71. The quantitative estimate of drug-likeness (QED) is 0.757. The van der Waals surface area contributed by atoms with Gasteiger partial charge in [0, 0.05) is 24.8 Å². The number of hydrogen-bond acceptors (Lipinski definition) is 5. The highest BCUT2D eigenvalue weighted by atomic mass is 16.5. The summed E-state index contributed by atoms with van der Waals surface area (Å²) in [6.07, 6.45) is 1.14. The molecule has 18 heavy (non-hydrogen) atoms. The van der Waals surface area contributed by atoms with Gasteiger partial charge in [-0.1, -0.05) is 0 Å². The summed E-state index contributed by atoms with van der Waals surface area (Å²) in [7, 11) is 2.76. The first-order valence-electron chi connectivity index (χ1n) is 5.66. The lowest BCUT2D eigenvalue weighted by Crippen LogP contribution is -2.37. The van der Waals surface area contributed by atoms with Crippen molar-refractivity contribution in [3.8, 4) is 11.8 Å². The number of anilines is 1. The van der Waals surface area contributed by atoms with Crippen molar-refractivity contribution < 1.29 is 14.3 Å². The van der Waals surface area contributed by atoms with Crippen LogP contribution < -0.4 is 9.64 Å². The van der Waals surface area contributed by atoms with Gasteiger partial charge in [0.15, 0.2) is 0 Å². The minimum absolute atomic E-state index is 0.187. The molecule has 2 rings (SSSR count). The van der Waals surface area contributed by atoms with E-state index in [-0.39, 0.29) is 11.1 Å². The molecule has 94 valence electrons. The van der Waals surface area contributed by atoms with E-state index >= 15 is 0 Å². The molecule has 1 aliphatic rings. The van der Waals surface area contributed by atoms with E-state index in [0.29, 0.717) is 5.75 Å². The topological polar surface area (TPSA) is 62.6 Å². The number of nitrogens with zero attached hydrogens (tertiary/aromatic N) is 2. The third-order valence-corrected chi connectivity index (χ3v) is 3.04. The SMILES string of the molecule is COC(=O)c1c(C#N)cc(N2CCC2)cc1OC. The number of carbonyl (C=O) groups excluding carboxylic acids is 1. The summed E-state index contributed by atoms with van der Waals surface area (Å²) in [4.78, 5) is 13.8. The van der Waals surface area contributed by atoms with E-state index in [9.17, 15) is 4.79 Å². The number of ether oxygens (including phenoxy) is 2. The molecule has 0 atom stereocenters. The fourth-order valence-corrected chi connectivity index (χ4v) is 1.92. The van der Waals surface area contributed by atoms with Crippen molar-refractivity contribution in [2.45, 2.75) is 6.42 Å². The second-order valence-electron chi connectivity index (χ2n) is 4.01. The van der Waals surface area contributed by atoms with Crippen molar-refractivity contribution in [2.24, 2.45) is 0 Å². The Morgan fingerprint density at radius 1 is 1.39 bits per heavy atom. The minimum atomic E-state index is -0.557. The Hall–Kier alpha value is -2.22. The highest BCUT2D eigenvalue weighted by Crippen LogP contribution is 2.31. The maximum absolute atomic E-state index is 11.7. The molecule has 0 aromatic heterocycles. The molecule has 0 amide bonds. The van der Waals surface area contributed by atoms with Crippen LogP contribution in [-0.2, 0) is 4.74 Å². The van der Waals surface area contributed by atoms with E-state index in [2.05, 4.69) is 9.64 Å². The molecular formula is C13H14N2O3. The second kappa shape index (κ2) is 4.96. The Kier molecular flexibility index (Phi) is 3.38. The van der Waals surface area contributed by atoms with Gasteiger partial charge in [-0.3, -0.25) is 0 Å². The number of hydrogen-bond donors (Lipinski definition) is 0. The molecule has 1 fully saturated rings. The lowest BCUT2D eigenvalue weighted by Gasteiger charge is -2.33. The lowest BCUT2D eigenvalue weighted by atomic mass is 10.0. The summed E-state index contributed by atoms with van der Waals surface area (Å²) < 4.78 is 9.87. The molecule has 0 spiro atoms. The van der Waals surface area contributed by atoms with Gasteiger partial charge in [-0.25, -0.2) is 4.79 Å². The molecule has 1 heterocycles. The summed E-state index contributed by atoms with van der Waals surface area (Å²) in [6.45, 7) is 1.93. The van der Waals surface area contributed by atoms with E-state index in [1.54, 1.807) is 12.1 Å². The van der Waals surface area contributed by atoms with E-state index in [0.717, 1.165) is 25.2 Å². The summed E-state index contributed by atoms with van der Waals surface area (Å²) >= 11 is 0. The lowest BCUT2D eigenvalue weighted by molar-refractivity contribution is 0.0597. The fraction of sp³-hybridized carbons (Fsp3) is 0.385. The monoisotopic (exact) mass is 246 g/mol. The smallest absolute Gasteiger partial charge is 0.343 e. The van der Waals surface area contributed by atoms with Gasteiger partial charge < -0.3 is 14.4 Å². The highest BCUT2D eigenvalue weighted by Gasteiger charge is 2.23. The van der Waals surface area contributed by atoms with Crippen molar-refractivity contribution in [3.05, 3.63) is 23.3 Å². The number of carbonyl (C=O) groups is 1. The Morgan fingerprint density at radius 2 is 2.11 bits per heavy atom. The molecule has 5 nitrogen and oxygen atoms in total. The van der Waals surface area contributed by atoms with Gasteiger partial charge in [0.2, 0.25) is 0 Å². The minimum Gasteiger partial charge on any atom is -0.496 e. The van der Waals surface area contributed by atoms with E-state index in [1.807, 2.05) is 6.07 Å². The van der Waals surface area contributed by atoms with Crippen molar-refractivity contribution in [1.82, 2.24) is 0 Å². The molecule has 1 saturated heterocycles. The molecule has 1 aromatic rings. The zero-order chi connectivity index (χ0) is 13.1. The molecule has 0 aliphatic carbocycles. The average Bonchev–Trinajstić information content (AvgIpc) is 2.34. The van der Waals surface area contributed by atoms with Gasteiger partial charge in [-0.15, -0.1) is 0 Å². The number of methoxy groups -OCH3 is 2. The number of rotatable bonds is 3. The zero-order valence-corrected chi connectivity index (χ0v) is 10.4. The second-order valence-corrected chi connectivity index (χ2v) is 4.01. The van der Waals surface area contributed by atoms with Crippen LogP contribution in [0.2, 0.25) is 0 Å². The van der Waals surface area contributed by atoms with Crippen molar-refractivity contribution >= 4 is 11.7 Å². The van der Waals surface area contributed by atoms with Crippen LogP contribution in [0.25, 0.3) is 0 Å². The van der Waals surface area contributed by atoms with Crippen molar-refractivity contribution in [3.63, 3.8) is 0 Å². The van der Waals surface area contributed by atoms with Crippen LogP contribution in [0.15, 0.2) is 12.1 Å². The van der Waals surface area contributed by atoms with Gasteiger partial charge in [0.25, 0.3) is 0 Å². The van der Waals surface area contributed by atoms with Crippen LogP contribution in [-0.4, -0.2) is 33.3 Å². The first kappa shape index (κ1) is 12.2. The average molecular weight is 246 g/mol. The van der Waals surface area contributed by atoms with Crippen LogP contribution in [0.1, 0.15) is 22.3 Å². The Morgan fingerprint density at radius 3 is 2.56 bits per heavy atom. The van der Waals surface area contributed by atoms with Crippen LogP contribution in [0.5, 0.6) is 5.75 Å². The molecule has 5 heteroatoms. The maximum atomic E-state index is 11.7. The third-order valence-electron chi connectivity index (χ3n) is 3.04. The Balaban J connectivity index is 2.52. The van der Waals surface area contributed by atoms with Gasteiger partial charge in [0.05, 0.1) is 19.8 Å². The predicted molar refractivity (Wildman–Crippen MR) is 65.9 cm³/mol. The first-order valence-corrected chi connectivity index (χ1v) is 5.66. The summed E-state index contributed by atoms with van der Waals surface area (Å²) in [5.74, 6) is -0.179. The summed E-state index contributed by atoms with van der Waals surface area (Å²) in [5.41, 5.74) is 1.37. The summed E-state index contributed by atoms with van der Waals surface area (Å²) in [5, 5.41) is 9.15. The molecular weight excluding hydrogens is 232 g/mol. The van der Waals surface area contributed by atoms with E-state index in [4.69, 9.17) is 10.00 Å². The summed E-state index contributed by atoms with van der Waals surface area (Å²) in [6, 6.07) is 5.49. The fourth-order valence-electron chi connectivity index (χ4n) is 1.92. The number of benzene rings is 1. The maximum Gasteiger partial charge on any atom is 0.343 e. The zero-order valence-electron chi connectivity index (χ0n) is 10.4. The third kappa shape index (κ3) is 1.97. The Bertz CT molecular complexity index is 516. The Labute approximate surface area is 106 Å². The van der Waals surface area contributed by atoms with Crippen molar-refractivity contribution in [2.75, 3.05) is 32.2 Å². The number of esters is 1. The van der Waals surface area contributed by atoms with Gasteiger partial charge in [-0.2, -0.15) is 5.26 Å². The van der Waals surface area contributed by atoms with Crippen LogP contribution in [0.3, 0.4) is 0 Å². The molecule has 0 N–H and O–H groups in total. The normalized spacial score (nSPS) is 13.5. The van der Waals surface area contributed by atoms with Crippen LogP contribution in [0, 0.1) is 11.3 Å². The predicted octanol–water partition coefficient (Wildman–Crippen LogP) is 1.56. The van der Waals surface area contributed by atoms with Gasteiger partial charge in [0.1, 0.15) is 17.4 Å². The van der Waals surface area contributed by atoms with Crippen LogP contribution in [0.4, 0.5) is 5.69 Å². The largest absolute Gasteiger partial charge is 0.496 e. The van der Waals surface area contributed by atoms with E-state index in [1.165, 1.54) is 14.2 Å².